The van der Waals surface area contributed by atoms with Crippen molar-refractivity contribution in [3.05, 3.63) is 36.0 Å². The number of aliphatic hydroxyl groups excluding tert-OH is 1. The molecular weight excluding hydrogens is 136 g/mol. The maximum Gasteiger partial charge on any atom is 0.0471 e. The van der Waals surface area contributed by atoms with Gasteiger partial charge in [0.15, 0.2) is 0 Å². The van der Waals surface area contributed by atoms with Crippen molar-refractivity contribution in [3.63, 3.8) is 0 Å². The lowest BCUT2D eigenvalue weighted by atomic mass is 10.1. The zero-order valence-electron chi connectivity index (χ0n) is 7.30. The summed E-state index contributed by atoms with van der Waals surface area (Å²) in [5.74, 6) is 0. The van der Waals surface area contributed by atoms with Gasteiger partial charge in [-0.25, -0.2) is 0 Å². The van der Waals surface area contributed by atoms with Crippen molar-refractivity contribution in [2.75, 3.05) is 6.61 Å². The van der Waals surface area contributed by atoms with Gasteiger partial charge in [0.25, 0.3) is 0 Å². The van der Waals surface area contributed by atoms with Crippen molar-refractivity contribution in [1.82, 2.24) is 0 Å². The molecule has 1 heteroatoms. The van der Waals surface area contributed by atoms with Gasteiger partial charge in [-0.3, -0.25) is 0 Å². The van der Waals surface area contributed by atoms with Crippen LogP contribution in [0.4, 0.5) is 0 Å². The van der Waals surface area contributed by atoms with Gasteiger partial charge >= 0.3 is 0 Å². The Morgan fingerprint density at radius 1 is 1.45 bits per heavy atom. The van der Waals surface area contributed by atoms with Gasteiger partial charge in [-0.15, -0.1) is 0 Å². The van der Waals surface area contributed by atoms with E-state index in [1.54, 1.807) is 0 Å². The highest BCUT2D eigenvalue weighted by Gasteiger charge is 1.87. The zero-order valence-corrected chi connectivity index (χ0v) is 7.30. The first kappa shape index (κ1) is 10.2. The minimum absolute atomic E-state index is 0.209. The Morgan fingerprint density at radius 2 is 2.09 bits per heavy atom. The summed E-state index contributed by atoms with van der Waals surface area (Å²) in [7, 11) is 0. The summed E-state index contributed by atoms with van der Waals surface area (Å²) in [6.45, 7) is 7.87. The highest BCUT2D eigenvalue weighted by Crippen LogP contribution is 2.03. The van der Waals surface area contributed by atoms with E-state index < -0.39 is 0 Å². The van der Waals surface area contributed by atoms with Crippen LogP contribution in [0.15, 0.2) is 36.0 Å². The first-order valence-corrected chi connectivity index (χ1v) is 3.80. The minimum Gasteiger partial charge on any atom is -0.396 e. The van der Waals surface area contributed by atoms with E-state index in [-0.39, 0.29) is 6.61 Å². The van der Waals surface area contributed by atoms with Crippen LogP contribution >= 0.6 is 0 Å². The van der Waals surface area contributed by atoms with E-state index >= 15 is 0 Å². The average Bonchev–Trinajstić information content (AvgIpc) is 1.97. The van der Waals surface area contributed by atoms with E-state index in [9.17, 15) is 0 Å². The molecule has 0 heterocycles. The van der Waals surface area contributed by atoms with E-state index in [4.69, 9.17) is 5.11 Å². The van der Waals surface area contributed by atoms with Crippen LogP contribution in [0, 0.1) is 0 Å². The van der Waals surface area contributed by atoms with Crippen LogP contribution in [0.1, 0.15) is 20.3 Å². The van der Waals surface area contributed by atoms with E-state index in [2.05, 4.69) is 6.58 Å². The molecule has 0 saturated carbocycles. The molecular formula is C10H16O. The summed E-state index contributed by atoms with van der Waals surface area (Å²) in [6.07, 6.45) is 6.65. The maximum absolute atomic E-state index is 8.64. The first-order valence-electron chi connectivity index (χ1n) is 3.80. The van der Waals surface area contributed by atoms with Crippen LogP contribution in [-0.2, 0) is 0 Å². The van der Waals surface area contributed by atoms with Crippen molar-refractivity contribution in [2.45, 2.75) is 20.3 Å². The van der Waals surface area contributed by atoms with Gasteiger partial charge in [-0.2, -0.15) is 0 Å². The molecule has 0 aliphatic carbocycles. The fourth-order valence-electron chi connectivity index (χ4n) is 0.702. The third-order valence-corrected chi connectivity index (χ3v) is 1.35. The van der Waals surface area contributed by atoms with Crippen molar-refractivity contribution in [3.8, 4) is 0 Å². The molecule has 0 atom stereocenters. The molecule has 62 valence electrons. The second-order valence-corrected chi connectivity index (χ2v) is 2.52. The van der Waals surface area contributed by atoms with Crippen molar-refractivity contribution in [1.29, 1.82) is 0 Å². The van der Waals surface area contributed by atoms with E-state index in [1.165, 1.54) is 0 Å². The molecule has 0 rings (SSSR count). The van der Waals surface area contributed by atoms with E-state index in [1.807, 2.05) is 32.1 Å². The second-order valence-electron chi connectivity index (χ2n) is 2.52. The molecule has 0 aliphatic heterocycles. The molecule has 0 aliphatic rings. The summed E-state index contributed by atoms with van der Waals surface area (Å²) in [6, 6.07) is 0. The van der Waals surface area contributed by atoms with E-state index in [0.29, 0.717) is 0 Å². The summed E-state index contributed by atoms with van der Waals surface area (Å²) >= 11 is 0. The molecule has 0 radical (unpaired) electrons. The number of hydrogen-bond acceptors (Lipinski definition) is 1. The smallest absolute Gasteiger partial charge is 0.0471 e. The van der Waals surface area contributed by atoms with Crippen molar-refractivity contribution in [2.24, 2.45) is 0 Å². The van der Waals surface area contributed by atoms with Crippen LogP contribution in [0.25, 0.3) is 0 Å². The SMILES string of the molecule is C=C(C)C=CC(=CC)CCO. The zero-order chi connectivity index (χ0) is 8.69. The molecule has 11 heavy (non-hydrogen) atoms. The lowest BCUT2D eigenvalue weighted by Crippen LogP contribution is -1.84. The standard InChI is InChI=1S/C10H16O/c1-4-10(7-8-11)6-5-9(2)3/h4-6,11H,2,7-8H2,1,3H3. The van der Waals surface area contributed by atoms with Gasteiger partial charge in [0.05, 0.1) is 0 Å². The summed E-state index contributed by atoms with van der Waals surface area (Å²) in [4.78, 5) is 0. The van der Waals surface area contributed by atoms with Gasteiger partial charge in [0.1, 0.15) is 0 Å². The lowest BCUT2D eigenvalue weighted by molar-refractivity contribution is 0.300. The first-order chi connectivity index (χ1) is 5.20. The van der Waals surface area contributed by atoms with Crippen molar-refractivity contribution >= 4 is 0 Å². The molecule has 0 aromatic rings. The number of hydrogen-bond donors (Lipinski definition) is 1. The largest absolute Gasteiger partial charge is 0.396 e. The number of aliphatic hydroxyl groups is 1. The van der Waals surface area contributed by atoms with Crippen LogP contribution in [-0.4, -0.2) is 11.7 Å². The third-order valence-electron chi connectivity index (χ3n) is 1.35. The second kappa shape index (κ2) is 5.93. The highest BCUT2D eigenvalue weighted by molar-refractivity contribution is 5.24. The topological polar surface area (TPSA) is 20.2 Å². The Morgan fingerprint density at radius 3 is 2.45 bits per heavy atom. The predicted molar refractivity (Wildman–Crippen MR) is 49.4 cm³/mol. The lowest BCUT2D eigenvalue weighted by Gasteiger charge is -1.96. The Balaban J connectivity index is 3.98. The highest BCUT2D eigenvalue weighted by atomic mass is 16.2. The normalized spacial score (nSPS) is 12.5. The Bertz CT molecular complexity index is 175. The van der Waals surface area contributed by atoms with Crippen molar-refractivity contribution < 1.29 is 5.11 Å². The summed E-state index contributed by atoms with van der Waals surface area (Å²) in [5, 5.41) is 8.64. The predicted octanol–water partition coefficient (Wildman–Crippen LogP) is 2.45. The number of allylic oxidation sites excluding steroid dienone is 4. The molecule has 0 aromatic carbocycles. The Labute approximate surface area is 68.7 Å². The van der Waals surface area contributed by atoms with Gasteiger partial charge in [0.2, 0.25) is 0 Å². The number of rotatable bonds is 4. The van der Waals surface area contributed by atoms with Crippen LogP contribution in [0.5, 0.6) is 0 Å². The van der Waals surface area contributed by atoms with Gasteiger partial charge in [-0.05, 0) is 20.3 Å². The third kappa shape index (κ3) is 5.62. The van der Waals surface area contributed by atoms with Crippen LogP contribution in [0.2, 0.25) is 0 Å². The van der Waals surface area contributed by atoms with Crippen LogP contribution in [0.3, 0.4) is 0 Å². The minimum atomic E-state index is 0.209. The quantitative estimate of drug-likeness (QED) is 0.613. The molecule has 1 nitrogen and oxygen atoms in total. The Hall–Kier alpha value is -0.820. The molecule has 0 amide bonds. The Kier molecular flexibility index (Phi) is 5.49. The molecule has 0 fully saturated rings. The average molecular weight is 152 g/mol. The maximum atomic E-state index is 8.64. The van der Waals surface area contributed by atoms with Gasteiger partial charge in [-0.1, -0.05) is 36.0 Å². The van der Waals surface area contributed by atoms with Gasteiger partial charge in [0, 0.05) is 6.61 Å². The molecule has 0 unspecified atom stereocenters. The summed E-state index contributed by atoms with van der Waals surface area (Å²) in [5.41, 5.74) is 2.18. The van der Waals surface area contributed by atoms with E-state index in [0.717, 1.165) is 17.6 Å². The fraction of sp³-hybridized carbons (Fsp3) is 0.400. The van der Waals surface area contributed by atoms with Gasteiger partial charge < -0.3 is 5.11 Å². The monoisotopic (exact) mass is 152 g/mol. The molecule has 0 spiro atoms. The fourth-order valence-corrected chi connectivity index (χ4v) is 0.702. The van der Waals surface area contributed by atoms with Crippen LogP contribution < -0.4 is 0 Å². The molecule has 0 saturated heterocycles. The molecule has 0 bridgehead atoms. The molecule has 1 N–H and O–H groups in total. The summed E-state index contributed by atoms with van der Waals surface area (Å²) < 4.78 is 0. The molecule has 0 aromatic heterocycles.